The number of aryl methyl sites for hydroxylation is 1. The second kappa shape index (κ2) is 7.62. The first-order valence-corrected chi connectivity index (χ1v) is 9.22. The number of amides is 1. The van der Waals surface area contributed by atoms with Crippen LogP contribution in [0.2, 0.25) is 0 Å². The molecule has 0 saturated carbocycles. The number of benzene rings is 1. The SMILES string of the molecule is Cc1nnn([C@@H](c2ccc(F)cc2)C2CCN(C(=O)OC(C)(C)C)CC2)n1. The van der Waals surface area contributed by atoms with Crippen molar-refractivity contribution in [1.82, 2.24) is 25.1 Å². The number of likely N-dealkylation sites (tertiary alicyclic amines) is 1. The first-order chi connectivity index (χ1) is 12.7. The van der Waals surface area contributed by atoms with Crippen LogP contribution in [-0.2, 0) is 4.74 Å². The Bertz CT molecular complexity index is 776. The minimum atomic E-state index is -0.507. The van der Waals surface area contributed by atoms with Crippen LogP contribution in [0.5, 0.6) is 0 Å². The number of tetrazole rings is 1. The Kier molecular flexibility index (Phi) is 5.43. The Morgan fingerprint density at radius 2 is 1.85 bits per heavy atom. The number of nitrogens with zero attached hydrogens (tertiary/aromatic N) is 5. The van der Waals surface area contributed by atoms with Crippen LogP contribution in [-0.4, -0.2) is 49.9 Å². The zero-order valence-electron chi connectivity index (χ0n) is 16.2. The van der Waals surface area contributed by atoms with Crippen LogP contribution in [0.1, 0.15) is 51.0 Å². The summed E-state index contributed by atoms with van der Waals surface area (Å²) in [5.74, 6) is 0.524. The molecule has 2 aromatic rings. The van der Waals surface area contributed by atoms with Gasteiger partial charge in [0.15, 0.2) is 5.82 Å². The highest BCUT2D eigenvalue weighted by Gasteiger charge is 2.33. The lowest BCUT2D eigenvalue weighted by atomic mass is 9.85. The highest BCUT2D eigenvalue weighted by Crippen LogP contribution is 2.33. The van der Waals surface area contributed by atoms with Crippen molar-refractivity contribution in [2.45, 2.75) is 52.2 Å². The number of hydrogen-bond donors (Lipinski definition) is 0. The van der Waals surface area contributed by atoms with Gasteiger partial charge in [0.05, 0.1) is 0 Å². The number of piperidine rings is 1. The third kappa shape index (κ3) is 4.81. The number of hydrogen-bond acceptors (Lipinski definition) is 5. The van der Waals surface area contributed by atoms with Gasteiger partial charge in [-0.05, 0) is 69.4 Å². The van der Waals surface area contributed by atoms with E-state index < -0.39 is 5.60 Å². The van der Waals surface area contributed by atoms with E-state index >= 15 is 0 Å². The first-order valence-electron chi connectivity index (χ1n) is 9.22. The van der Waals surface area contributed by atoms with E-state index in [-0.39, 0.29) is 23.9 Å². The molecule has 27 heavy (non-hydrogen) atoms. The predicted molar refractivity (Wildman–Crippen MR) is 97.6 cm³/mol. The van der Waals surface area contributed by atoms with Crippen molar-refractivity contribution in [2.24, 2.45) is 5.92 Å². The lowest BCUT2D eigenvalue weighted by molar-refractivity contribution is 0.0165. The molecule has 0 spiro atoms. The van der Waals surface area contributed by atoms with E-state index in [2.05, 4.69) is 15.4 Å². The van der Waals surface area contributed by atoms with E-state index in [1.807, 2.05) is 20.8 Å². The van der Waals surface area contributed by atoms with Gasteiger partial charge in [0.25, 0.3) is 0 Å². The second-order valence-electron chi connectivity index (χ2n) is 7.96. The molecule has 0 N–H and O–H groups in total. The summed E-state index contributed by atoms with van der Waals surface area (Å²) < 4.78 is 18.8. The van der Waals surface area contributed by atoms with Crippen LogP contribution in [0.4, 0.5) is 9.18 Å². The van der Waals surface area contributed by atoms with E-state index in [9.17, 15) is 9.18 Å². The summed E-state index contributed by atoms with van der Waals surface area (Å²) in [7, 11) is 0. The average Bonchev–Trinajstić information content (AvgIpc) is 3.02. The summed E-state index contributed by atoms with van der Waals surface area (Å²) in [5, 5.41) is 12.5. The van der Waals surface area contributed by atoms with Gasteiger partial charge in [-0.25, -0.2) is 9.18 Å². The number of carbonyl (C=O) groups excluding carboxylic acids is 1. The van der Waals surface area contributed by atoms with Crippen molar-refractivity contribution < 1.29 is 13.9 Å². The summed E-state index contributed by atoms with van der Waals surface area (Å²) in [6.45, 7) is 8.58. The van der Waals surface area contributed by atoms with Crippen LogP contribution in [0.25, 0.3) is 0 Å². The topological polar surface area (TPSA) is 73.1 Å². The van der Waals surface area contributed by atoms with E-state index in [1.54, 1.807) is 28.8 Å². The van der Waals surface area contributed by atoms with Gasteiger partial charge in [-0.15, -0.1) is 10.2 Å². The molecule has 1 aliphatic rings. The van der Waals surface area contributed by atoms with Crippen molar-refractivity contribution >= 4 is 6.09 Å². The van der Waals surface area contributed by atoms with Crippen molar-refractivity contribution in [2.75, 3.05) is 13.1 Å². The van der Waals surface area contributed by atoms with Crippen molar-refractivity contribution in [3.8, 4) is 0 Å². The molecule has 0 radical (unpaired) electrons. The quantitative estimate of drug-likeness (QED) is 0.822. The maximum Gasteiger partial charge on any atom is 0.410 e. The Hall–Kier alpha value is -2.51. The van der Waals surface area contributed by atoms with Gasteiger partial charge < -0.3 is 9.64 Å². The Labute approximate surface area is 158 Å². The van der Waals surface area contributed by atoms with Gasteiger partial charge in [0, 0.05) is 13.1 Å². The largest absolute Gasteiger partial charge is 0.444 e. The van der Waals surface area contributed by atoms with E-state index in [1.165, 1.54) is 12.1 Å². The number of ether oxygens (including phenoxy) is 1. The minimum absolute atomic E-state index is 0.146. The lowest BCUT2D eigenvalue weighted by Crippen LogP contribution is -2.43. The molecule has 8 heteroatoms. The molecular weight excluding hydrogens is 349 g/mol. The summed E-state index contributed by atoms with van der Waals surface area (Å²) >= 11 is 0. The summed E-state index contributed by atoms with van der Waals surface area (Å²) in [5.41, 5.74) is 0.428. The minimum Gasteiger partial charge on any atom is -0.444 e. The molecule has 146 valence electrons. The Morgan fingerprint density at radius 1 is 1.22 bits per heavy atom. The zero-order valence-corrected chi connectivity index (χ0v) is 16.2. The summed E-state index contributed by atoms with van der Waals surface area (Å²) in [6.07, 6.45) is 1.28. The van der Waals surface area contributed by atoms with Gasteiger partial charge in [-0.3, -0.25) is 0 Å². The predicted octanol–water partition coefficient (Wildman–Crippen LogP) is 3.36. The molecule has 1 aliphatic heterocycles. The molecule has 1 amide bonds. The van der Waals surface area contributed by atoms with E-state index in [0.29, 0.717) is 18.9 Å². The average molecular weight is 375 g/mol. The van der Waals surface area contributed by atoms with Crippen molar-refractivity contribution in [1.29, 1.82) is 0 Å². The van der Waals surface area contributed by atoms with Crippen LogP contribution >= 0.6 is 0 Å². The number of halogens is 1. The molecule has 2 heterocycles. The molecule has 1 aromatic carbocycles. The second-order valence-corrected chi connectivity index (χ2v) is 7.96. The third-order valence-electron chi connectivity index (χ3n) is 4.63. The molecule has 0 bridgehead atoms. The molecule has 1 fully saturated rings. The number of carbonyl (C=O) groups is 1. The van der Waals surface area contributed by atoms with Gasteiger partial charge in [0.1, 0.15) is 17.5 Å². The molecule has 0 aliphatic carbocycles. The third-order valence-corrected chi connectivity index (χ3v) is 4.63. The number of aromatic nitrogens is 4. The van der Waals surface area contributed by atoms with Gasteiger partial charge in [0.2, 0.25) is 0 Å². The highest BCUT2D eigenvalue weighted by atomic mass is 19.1. The first kappa shape index (κ1) is 19.3. The summed E-state index contributed by atoms with van der Waals surface area (Å²) in [4.78, 5) is 15.6. The molecule has 0 unspecified atom stereocenters. The fourth-order valence-electron chi connectivity index (χ4n) is 3.39. The standard InChI is InChI=1S/C19H26FN5O2/c1-13-21-23-25(22-13)17(14-5-7-16(20)8-6-14)15-9-11-24(12-10-15)18(26)27-19(2,3)4/h5-8,15,17H,9-12H2,1-4H3/t17-/m0/s1. The highest BCUT2D eigenvalue weighted by molar-refractivity contribution is 5.68. The smallest absolute Gasteiger partial charge is 0.410 e. The Morgan fingerprint density at radius 3 is 2.37 bits per heavy atom. The summed E-state index contributed by atoms with van der Waals surface area (Å²) in [6, 6.07) is 6.27. The van der Waals surface area contributed by atoms with Gasteiger partial charge in [-0.1, -0.05) is 12.1 Å². The normalized spacial score (nSPS) is 17.0. The molecule has 1 atom stereocenters. The van der Waals surface area contributed by atoms with E-state index in [0.717, 1.165) is 18.4 Å². The fraction of sp³-hybridized carbons (Fsp3) is 0.579. The van der Waals surface area contributed by atoms with Crippen LogP contribution < -0.4 is 0 Å². The van der Waals surface area contributed by atoms with Gasteiger partial charge in [-0.2, -0.15) is 4.80 Å². The molecule has 1 saturated heterocycles. The monoisotopic (exact) mass is 375 g/mol. The molecule has 1 aromatic heterocycles. The van der Waals surface area contributed by atoms with Crippen molar-refractivity contribution in [3.63, 3.8) is 0 Å². The maximum atomic E-state index is 13.4. The van der Waals surface area contributed by atoms with E-state index in [4.69, 9.17) is 4.74 Å². The fourth-order valence-corrected chi connectivity index (χ4v) is 3.39. The number of rotatable bonds is 3. The van der Waals surface area contributed by atoms with Crippen molar-refractivity contribution in [3.05, 3.63) is 41.5 Å². The van der Waals surface area contributed by atoms with Crippen LogP contribution in [0.3, 0.4) is 0 Å². The van der Waals surface area contributed by atoms with Gasteiger partial charge >= 0.3 is 6.09 Å². The molecule has 7 nitrogen and oxygen atoms in total. The maximum absolute atomic E-state index is 13.4. The lowest BCUT2D eigenvalue weighted by Gasteiger charge is -2.36. The molecule has 3 rings (SSSR count). The van der Waals surface area contributed by atoms with Crippen LogP contribution in [0, 0.1) is 18.7 Å². The zero-order chi connectivity index (χ0) is 19.6. The van der Waals surface area contributed by atoms with Crippen LogP contribution in [0.15, 0.2) is 24.3 Å². The molecular formula is C19H26FN5O2. The Balaban J connectivity index is 1.75.